The molecule has 2 heterocycles. The van der Waals surface area contributed by atoms with Crippen molar-refractivity contribution in [3.63, 3.8) is 0 Å². The summed E-state index contributed by atoms with van der Waals surface area (Å²) < 4.78 is 23.6. The number of hydrogen-bond acceptors (Lipinski definition) is 17. The van der Waals surface area contributed by atoms with Crippen LogP contribution < -0.4 is 28.3 Å². The van der Waals surface area contributed by atoms with Crippen LogP contribution in [-0.2, 0) is 23.7 Å². The maximum absolute atomic E-state index is 12.8. The fourth-order valence-corrected chi connectivity index (χ4v) is 5.83. The van der Waals surface area contributed by atoms with Gasteiger partial charge in [-0.3, -0.25) is 4.79 Å². The topological polar surface area (TPSA) is 312 Å². The van der Waals surface area contributed by atoms with Gasteiger partial charge in [-0.25, -0.2) is 0 Å². The van der Waals surface area contributed by atoms with Crippen LogP contribution >= 0.6 is 0 Å². The first-order valence-corrected chi connectivity index (χ1v) is 14.9. The van der Waals surface area contributed by atoms with Crippen molar-refractivity contribution in [1.29, 1.82) is 0 Å². The number of nitrogens with two attached hydrogens (primary N) is 4. The summed E-state index contributed by atoms with van der Waals surface area (Å²) in [7, 11) is 0. The highest BCUT2D eigenvalue weighted by atomic mass is 16.7. The predicted octanol–water partition coefficient (Wildman–Crippen LogP) is -6.32. The number of ketones is 1. The Morgan fingerprint density at radius 3 is 2.23 bits per heavy atom. The van der Waals surface area contributed by atoms with Crippen molar-refractivity contribution in [1.82, 2.24) is 5.32 Å². The largest absolute Gasteiger partial charge is 0.396 e. The van der Waals surface area contributed by atoms with Gasteiger partial charge in [-0.05, 0) is 44.7 Å². The average Bonchev–Trinajstić information content (AvgIpc) is 2.97. The number of carbonyl (C=O) groups excluding carboxylic acids is 1. The minimum atomic E-state index is -1.56. The number of rotatable bonds is 15. The van der Waals surface area contributed by atoms with Gasteiger partial charge >= 0.3 is 0 Å². The van der Waals surface area contributed by atoms with Crippen molar-refractivity contribution in [3.05, 3.63) is 0 Å². The van der Waals surface area contributed by atoms with Crippen molar-refractivity contribution in [2.75, 3.05) is 32.8 Å². The predicted molar refractivity (Wildman–Crippen MR) is 149 cm³/mol. The highest BCUT2D eigenvalue weighted by molar-refractivity contribution is 5.83. The monoisotopic (exact) mass is 625 g/mol. The van der Waals surface area contributed by atoms with Crippen LogP contribution in [0.1, 0.15) is 32.1 Å². The summed E-state index contributed by atoms with van der Waals surface area (Å²) in [6.45, 7) is 0.209. The molecule has 0 unspecified atom stereocenters. The molecule has 17 nitrogen and oxygen atoms in total. The van der Waals surface area contributed by atoms with Gasteiger partial charge in [0.05, 0.1) is 37.0 Å². The average molecular weight is 626 g/mol. The Hall–Kier alpha value is -0.970. The number of Topliss-reactive ketones (excluding diaryl/α,β-unsaturated/α-hetero) is 1. The zero-order valence-electron chi connectivity index (χ0n) is 24.2. The third-order valence-corrected chi connectivity index (χ3v) is 8.39. The van der Waals surface area contributed by atoms with E-state index in [4.69, 9.17) is 47.0 Å². The van der Waals surface area contributed by atoms with Crippen LogP contribution in [0.4, 0.5) is 0 Å². The first kappa shape index (κ1) is 36.5. The molecular formula is C26H51N5O12. The van der Waals surface area contributed by atoms with Gasteiger partial charge in [-0.15, -0.1) is 0 Å². The van der Waals surface area contributed by atoms with E-state index in [9.17, 15) is 35.4 Å². The number of nitrogens with one attached hydrogen (secondary N) is 1. The van der Waals surface area contributed by atoms with E-state index in [1.165, 1.54) is 0 Å². The number of hydrogen-bond donors (Lipinski definition) is 12. The summed E-state index contributed by atoms with van der Waals surface area (Å²) in [4.78, 5) is 12.8. The molecule has 3 rings (SSSR count). The lowest BCUT2D eigenvalue weighted by Gasteiger charge is -2.48. The molecule has 0 amide bonds. The van der Waals surface area contributed by atoms with Gasteiger partial charge in [0.15, 0.2) is 18.4 Å². The van der Waals surface area contributed by atoms with Crippen LogP contribution in [0.15, 0.2) is 0 Å². The van der Waals surface area contributed by atoms with E-state index in [1.54, 1.807) is 0 Å². The highest BCUT2D eigenvalue weighted by Gasteiger charge is 2.51. The minimum Gasteiger partial charge on any atom is -0.396 e. The maximum Gasteiger partial charge on any atom is 0.186 e. The summed E-state index contributed by atoms with van der Waals surface area (Å²) in [6.07, 6.45) is -13.1. The Morgan fingerprint density at radius 2 is 1.58 bits per heavy atom. The van der Waals surface area contributed by atoms with E-state index in [2.05, 4.69) is 5.32 Å². The Balaban J connectivity index is 1.79. The molecule has 252 valence electrons. The molecule has 0 spiro atoms. The van der Waals surface area contributed by atoms with Gasteiger partial charge in [0.2, 0.25) is 0 Å². The van der Waals surface area contributed by atoms with Gasteiger partial charge < -0.3 is 82.9 Å². The molecule has 0 radical (unpaired) electrons. The zero-order chi connectivity index (χ0) is 31.8. The summed E-state index contributed by atoms with van der Waals surface area (Å²) in [6, 6.07) is -2.88. The molecule has 43 heavy (non-hydrogen) atoms. The third-order valence-electron chi connectivity index (χ3n) is 8.39. The molecule has 0 aromatic rings. The standard InChI is InChI=1S/C26H51N5O12/c27-3-2-14(34)15(35)7-11-6-12(28)24(43-25-13(29)8-16(36)17(40-25)9-31-4-1-5-32)22(39)23(11)42-26-21(38)19(30)20(37)18(10-33)41-26/h11-14,16-26,31-34,36-39H,1-10,27-30H2/t11-,12-,13+,14-,16-,17+,18+,19-,20+,21+,22+,23-,24+,25+,26+/m0/s1. The Bertz CT molecular complexity index is 848. The summed E-state index contributed by atoms with van der Waals surface area (Å²) in [5, 5.41) is 74.8. The second-order valence-electron chi connectivity index (χ2n) is 11.7. The van der Waals surface area contributed by atoms with Crippen LogP contribution in [0.2, 0.25) is 0 Å². The van der Waals surface area contributed by atoms with Gasteiger partial charge in [-0.2, -0.15) is 0 Å². The molecule has 2 aliphatic heterocycles. The minimum absolute atomic E-state index is 0.00700. The van der Waals surface area contributed by atoms with Gasteiger partial charge in [0.25, 0.3) is 0 Å². The van der Waals surface area contributed by atoms with E-state index in [0.29, 0.717) is 13.0 Å². The summed E-state index contributed by atoms with van der Waals surface area (Å²) in [5.74, 6) is -1.32. The molecule has 15 atom stereocenters. The fourth-order valence-electron chi connectivity index (χ4n) is 5.83. The molecule has 0 bridgehead atoms. The number of aliphatic hydroxyl groups is 7. The normalized spacial score (nSPS) is 43.0. The second kappa shape index (κ2) is 17.1. The quantitative estimate of drug-likeness (QED) is 0.0753. The summed E-state index contributed by atoms with van der Waals surface area (Å²) in [5.41, 5.74) is 24.1. The fraction of sp³-hybridized carbons (Fsp3) is 0.962. The Morgan fingerprint density at radius 1 is 0.907 bits per heavy atom. The van der Waals surface area contributed by atoms with Crippen LogP contribution in [0.25, 0.3) is 0 Å². The first-order valence-electron chi connectivity index (χ1n) is 14.9. The van der Waals surface area contributed by atoms with Crippen molar-refractivity contribution in [2.45, 2.75) is 118 Å². The van der Waals surface area contributed by atoms with Gasteiger partial charge in [-0.1, -0.05) is 0 Å². The van der Waals surface area contributed by atoms with E-state index in [1.807, 2.05) is 0 Å². The number of ether oxygens (including phenoxy) is 4. The lowest BCUT2D eigenvalue weighted by atomic mass is 9.76. The summed E-state index contributed by atoms with van der Waals surface area (Å²) >= 11 is 0. The van der Waals surface area contributed by atoms with Crippen molar-refractivity contribution < 1.29 is 59.5 Å². The molecule has 0 aromatic heterocycles. The Kier molecular flexibility index (Phi) is 14.5. The van der Waals surface area contributed by atoms with Crippen LogP contribution in [0.3, 0.4) is 0 Å². The SMILES string of the molecule is NCC[C@H](O)C(=O)C[C@@H]1C[C@H](N)[C@@H](O[C@H]2O[C@H](CNCCCO)[C@@H](O)C[C@H]2N)[C@H](O)[C@H]1O[C@H]1O[C@H](CO)[C@@H](O)[C@H](N)[C@H]1O. The first-order chi connectivity index (χ1) is 20.4. The van der Waals surface area contributed by atoms with Crippen molar-refractivity contribution in [3.8, 4) is 0 Å². The second-order valence-corrected chi connectivity index (χ2v) is 11.7. The molecule has 2 saturated heterocycles. The van der Waals surface area contributed by atoms with Crippen molar-refractivity contribution in [2.24, 2.45) is 28.9 Å². The molecule has 1 saturated carbocycles. The third kappa shape index (κ3) is 9.29. The molecule has 17 heteroatoms. The molecule has 16 N–H and O–H groups in total. The smallest absolute Gasteiger partial charge is 0.186 e. The maximum atomic E-state index is 12.8. The van der Waals surface area contributed by atoms with E-state index < -0.39 is 104 Å². The number of aliphatic hydroxyl groups excluding tert-OH is 7. The molecule has 0 aromatic carbocycles. The number of carbonyl (C=O) groups is 1. The highest BCUT2D eigenvalue weighted by Crippen LogP contribution is 2.36. The zero-order valence-corrected chi connectivity index (χ0v) is 24.2. The van der Waals surface area contributed by atoms with Crippen LogP contribution in [0.5, 0.6) is 0 Å². The van der Waals surface area contributed by atoms with E-state index >= 15 is 0 Å². The van der Waals surface area contributed by atoms with Crippen molar-refractivity contribution >= 4 is 5.78 Å². The lowest BCUT2D eigenvalue weighted by molar-refractivity contribution is -0.320. The Labute approximate surface area is 250 Å². The molecular weight excluding hydrogens is 574 g/mol. The van der Waals surface area contributed by atoms with Crippen LogP contribution in [-0.4, -0.2) is 160 Å². The van der Waals surface area contributed by atoms with E-state index in [0.717, 1.165) is 0 Å². The van der Waals surface area contributed by atoms with E-state index in [-0.39, 0.29) is 45.4 Å². The molecule has 1 aliphatic carbocycles. The lowest BCUT2D eigenvalue weighted by Crippen LogP contribution is -2.66. The molecule has 3 fully saturated rings. The van der Waals surface area contributed by atoms with Gasteiger partial charge in [0.1, 0.15) is 36.6 Å². The van der Waals surface area contributed by atoms with Gasteiger partial charge in [0, 0.05) is 25.6 Å². The molecule has 3 aliphatic rings. The van der Waals surface area contributed by atoms with Crippen LogP contribution in [0, 0.1) is 5.92 Å².